The Kier molecular flexibility index (Phi) is 5.08. The number of hydrogen-bond acceptors (Lipinski definition) is 5. The van der Waals surface area contributed by atoms with E-state index in [1.807, 2.05) is 0 Å². The van der Waals surface area contributed by atoms with Crippen LogP contribution in [0.3, 0.4) is 0 Å². The van der Waals surface area contributed by atoms with Gasteiger partial charge in [-0.15, -0.1) is 0 Å². The number of nitrogens with one attached hydrogen (secondary N) is 1. The lowest BCUT2D eigenvalue weighted by Gasteiger charge is -2.08. The van der Waals surface area contributed by atoms with Crippen molar-refractivity contribution in [2.75, 3.05) is 6.61 Å². The third kappa shape index (κ3) is 4.10. The van der Waals surface area contributed by atoms with Gasteiger partial charge in [0, 0.05) is 11.1 Å². The van der Waals surface area contributed by atoms with E-state index in [2.05, 4.69) is 10.5 Å². The second-order valence-corrected chi connectivity index (χ2v) is 5.64. The number of nitrogens with zero attached hydrogens (tertiary/aromatic N) is 1. The van der Waals surface area contributed by atoms with Gasteiger partial charge in [-0.3, -0.25) is 4.79 Å². The third-order valence-electron chi connectivity index (χ3n) is 3.04. The van der Waals surface area contributed by atoms with Gasteiger partial charge in [-0.1, -0.05) is 28.4 Å². The van der Waals surface area contributed by atoms with Gasteiger partial charge in [0.25, 0.3) is 5.91 Å². The van der Waals surface area contributed by atoms with Crippen molar-refractivity contribution >= 4 is 29.1 Å². The monoisotopic (exact) mass is 366 g/mol. The van der Waals surface area contributed by atoms with E-state index >= 15 is 0 Å². The molecule has 0 saturated heterocycles. The fourth-order valence-corrected chi connectivity index (χ4v) is 2.37. The number of aromatic nitrogens is 1. The molecule has 24 heavy (non-hydrogen) atoms. The zero-order chi connectivity index (χ0) is 16.9. The Morgan fingerprint density at radius 3 is 2.83 bits per heavy atom. The molecule has 0 atom stereocenters. The maximum absolute atomic E-state index is 11.8. The zero-order valence-corrected chi connectivity index (χ0v) is 13.8. The average Bonchev–Trinajstić information content (AvgIpc) is 3.23. The van der Waals surface area contributed by atoms with Crippen LogP contribution in [0, 0.1) is 0 Å². The molecule has 0 aliphatic heterocycles. The molecule has 3 rings (SSSR count). The van der Waals surface area contributed by atoms with Crippen LogP contribution in [0.5, 0.6) is 5.75 Å². The van der Waals surface area contributed by atoms with Crippen molar-refractivity contribution in [3.8, 4) is 17.3 Å². The largest absolute Gasteiger partial charge is 0.482 e. The van der Waals surface area contributed by atoms with Crippen molar-refractivity contribution in [3.05, 3.63) is 58.4 Å². The highest BCUT2D eigenvalue weighted by molar-refractivity contribution is 6.35. The van der Waals surface area contributed by atoms with E-state index in [0.29, 0.717) is 33.0 Å². The van der Waals surface area contributed by atoms with Gasteiger partial charge >= 0.3 is 0 Å². The highest BCUT2D eigenvalue weighted by atomic mass is 35.5. The fourth-order valence-electron chi connectivity index (χ4n) is 1.91. The first-order valence-electron chi connectivity index (χ1n) is 6.96. The van der Waals surface area contributed by atoms with Gasteiger partial charge in [-0.05, 0) is 30.3 Å². The Morgan fingerprint density at radius 2 is 2.08 bits per heavy atom. The number of carbonyl (C=O) groups excluding carboxylic acids is 1. The molecule has 6 nitrogen and oxygen atoms in total. The van der Waals surface area contributed by atoms with Crippen molar-refractivity contribution in [1.29, 1.82) is 0 Å². The number of ether oxygens (including phenoxy) is 1. The Morgan fingerprint density at radius 1 is 1.21 bits per heavy atom. The minimum absolute atomic E-state index is 0.176. The van der Waals surface area contributed by atoms with Crippen molar-refractivity contribution in [2.45, 2.75) is 6.54 Å². The topological polar surface area (TPSA) is 77.5 Å². The molecule has 0 bridgehead atoms. The molecular weight excluding hydrogens is 355 g/mol. The summed E-state index contributed by atoms with van der Waals surface area (Å²) >= 11 is 11.8. The molecule has 0 aliphatic carbocycles. The summed E-state index contributed by atoms with van der Waals surface area (Å²) in [6.07, 6.45) is 1.54. The number of furan rings is 1. The Labute approximate surface area is 147 Å². The predicted octanol–water partition coefficient (Wildman–Crippen LogP) is 3.94. The maximum atomic E-state index is 11.8. The maximum Gasteiger partial charge on any atom is 0.258 e. The van der Waals surface area contributed by atoms with Crippen molar-refractivity contribution in [3.63, 3.8) is 0 Å². The third-order valence-corrected chi connectivity index (χ3v) is 3.57. The number of carbonyl (C=O) groups is 1. The molecule has 0 unspecified atom stereocenters. The van der Waals surface area contributed by atoms with E-state index < -0.39 is 0 Å². The first-order chi connectivity index (χ1) is 11.6. The summed E-state index contributed by atoms with van der Waals surface area (Å²) in [5, 5.41) is 7.37. The summed E-state index contributed by atoms with van der Waals surface area (Å²) in [6, 6.07) is 9.97. The first-order valence-corrected chi connectivity index (χ1v) is 7.71. The summed E-state index contributed by atoms with van der Waals surface area (Å²) in [5.74, 6) is 1.13. The molecule has 0 spiro atoms. The normalized spacial score (nSPS) is 10.6. The lowest BCUT2D eigenvalue weighted by atomic mass is 10.3. The second kappa shape index (κ2) is 7.42. The second-order valence-electron chi connectivity index (χ2n) is 4.80. The molecule has 124 valence electrons. The van der Waals surface area contributed by atoms with Crippen LogP contribution in [0.25, 0.3) is 11.5 Å². The first kappa shape index (κ1) is 16.4. The minimum atomic E-state index is -0.316. The van der Waals surface area contributed by atoms with Crippen LogP contribution in [0.1, 0.15) is 5.69 Å². The van der Waals surface area contributed by atoms with Crippen LogP contribution < -0.4 is 10.1 Å². The average molecular weight is 367 g/mol. The zero-order valence-electron chi connectivity index (χ0n) is 12.3. The van der Waals surface area contributed by atoms with Gasteiger partial charge in [0.1, 0.15) is 11.4 Å². The van der Waals surface area contributed by atoms with E-state index in [9.17, 15) is 4.79 Å². The summed E-state index contributed by atoms with van der Waals surface area (Å²) in [7, 11) is 0. The summed E-state index contributed by atoms with van der Waals surface area (Å²) in [4.78, 5) is 11.8. The standard InChI is InChI=1S/C16H12Cl2N2O4/c17-10-3-4-13(12(18)6-10)23-9-16(21)19-8-11-7-15(24-20-11)14-2-1-5-22-14/h1-7H,8-9H2,(H,19,21). The summed E-state index contributed by atoms with van der Waals surface area (Å²) in [6.45, 7) is 0.0327. The van der Waals surface area contributed by atoms with Crippen LogP contribution in [-0.4, -0.2) is 17.7 Å². The van der Waals surface area contributed by atoms with E-state index in [4.69, 9.17) is 36.9 Å². The van der Waals surface area contributed by atoms with Gasteiger partial charge in [0.05, 0.1) is 17.8 Å². The number of rotatable bonds is 6. The molecule has 0 aliphatic rings. The quantitative estimate of drug-likeness (QED) is 0.714. The van der Waals surface area contributed by atoms with E-state index in [1.54, 1.807) is 42.7 Å². The van der Waals surface area contributed by atoms with Gasteiger partial charge in [-0.2, -0.15) is 0 Å². The molecule has 1 N–H and O–H groups in total. The molecule has 1 amide bonds. The van der Waals surface area contributed by atoms with E-state index in [0.717, 1.165) is 0 Å². The van der Waals surface area contributed by atoms with Gasteiger partial charge in [0.2, 0.25) is 5.76 Å². The summed E-state index contributed by atoms with van der Waals surface area (Å²) < 4.78 is 15.7. The van der Waals surface area contributed by atoms with Crippen LogP contribution in [0.4, 0.5) is 0 Å². The van der Waals surface area contributed by atoms with Crippen molar-refractivity contribution < 1.29 is 18.5 Å². The van der Waals surface area contributed by atoms with Crippen LogP contribution in [0.15, 0.2) is 51.6 Å². The van der Waals surface area contributed by atoms with Crippen molar-refractivity contribution in [1.82, 2.24) is 10.5 Å². The molecule has 8 heteroatoms. The molecule has 0 fully saturated rings. The molecule has 0 radical (unpaired) electrons. The molecule has 2 heterocycles. The number of halogens is 2. The molecule has 0 saturated carbocycles. The van der Waals surface area contributed by atoms with Gasteiger partial charge < -0.3 is 19.0 Å². The molecular formula is C16H12Cl2N2O4. The number of hydrogen-bond donors (Lipinski definition) is 1. The molecule has 3 aromatic rings. The molecule has 1 aromatic carbocycles. The lowest BCUT2D eigenvalue weighted by Crippen LogP contribution is -2.28. The number of amides is 1. The van der Waals surface area contributed by atoms with Crippen LogP contribution >= 0.6 is 23.2 Å². The summed E-state index contributed by atoms with van der Waals surface area (Å²) in [5.41, 5.74) is 0.569. The van der Waals surface area contributed by atoms with E-state index in [1.165, 1.54) is 0 Å². The molecule has 2 aromatic heterocycles. The predicted molar refractivity (Wildman–Crippen MR) is 88.0 cm³/mol. The fraction of sp³-hybridized carbons (Fsp3) is 0.125. The number of benzene rings is 1. The van der Waals surface area contributed by atoms with Crippen LogP contribution in [0.2, 0.25) is 10.0 Å². The lowest BCUT2D eigenvalue weighted by molar-refractivity contribution is -0.123. The Hall–Kier alpha value is -2.44. The van der Waals surface area contributed by atoms with Crippen LogP contribution in [-0.2, 0) is 11.3 Å². The SMILES string of the molecule is O=C(COc1ccc(Cl)cc1Cl)NCc1cc(-c2ccco2)on1. The Bertz CT molecular complexity index is 830. The smallest absolute Gasteiger partial charge is 0.258 e. The Balaban J connectivity index is 1.49. The van der Waals surface area contributed by atoms with Crippen molar-refractivity contribution in [2.24, 2.45) is 0 Å². The van der Waals surface area contributed by atoms with Gasteiger partial charge in [-0.25, -0.2) is 0 Å². The highest BCUT2D eigenvalue weighted by Gasteiger charge is 2.11. The highest BCUT2D eigenvalue weighted by Crippen LogP contribution is 2.27. The van der Waals surface area contributed by atoms with Gasteiger partial charge in [0.15, 0.2) is 12.4 Å². The minimum Gasteiger partial charge on any atom is -0.482 e. The van der Waals surface area contributed by atoms with E-state index in [-0.39, 0.29) is 19.1 Å².